The first-order chi connectivity index (χ1) is 13.4. The van der Waals surface area contributed by atoms with Gasteiger partial charge in [0, 0.05) is 26.0 Å². The molecule has 29 heavy (non-hydrogen) atoms. The van der Waals surface area contributed by atoms with Crippen molar-refractivity contribution in [2.24, 2.45) is 17.8 Å². The van der Waals surface area contributed by atoms with Gasteiger partial charge in [-0.15, -0.1) is 0 Å². The Kier molecular flexibility index (Phi) is 5.11. The lowest BCUT2D eigenvalue weighted by atomic mass is 10.1. The number of aromatic nitrogens is 5. The van der Waals surface area contributed by atoms with E-state index in [2.05, 4.69) is 30.8 Å². The van der Waals surface area contributed by atoms with Crippen LogP contribution in [0.15, 0.2) is 28.9 Å². The molecular formula is C16H21ClF3N9. The van der Waals surface area contributed by atoms with E-state index in [0.29, 0.717) is 12.0 Å². The second-order valence-electron chi connectivity index (χ2n) is 7.05. The molecule has 1 aliphatic heterocycles. The van der Waals surface area contributed by atoms with Crippen molar-refractivity contribution in [2.45, 2.75) is 38.3 Å². The van der Waals surface area contributed by atoms with Gasteiger partial charge in [-0.1, -0.05) is 11.6 Å². The standard InChI is InChI=1S/C16H21ClF3N9/c1-5-22-12-9(15(18,19)20)6-24-16(21,25-12)10-7-29(26-11(10)17)14(2,3)13-23-8-28(4)27-13/h6-8,22,25H,5,21H2,1-4H3. The van der Waals surface area contributed by atoms with Crippen LogP contribution in [0.1, 0.15) is 32.2 Å². The molecule has 2 aromatic heterocycles. The summed E-state index contributed by atoms with van der Waals surface area (Å²) in [6.07, 6.45) is -0.846. The first kappa shape index (κ1) is 21.1. The molecule has 0 spiro atoms. The Balaban J connectivity index is 2.00. The predicted octanol–water partition coefficient (Wildman–Crippen LogP) is 1.57. The molecule has 0 saturated heterocycles. The average Bonchev–Trinajstić information content (AvgIpc) is 3.21. The van der Waals surface area contributed by atoms with Crippen molar-refractivity contribution in [3.8, 4) is 0 Å². The normalized spacial score (nSPS) is 20.2. The summed E-state index contributed by atoms with van der Waals surface area (Å²) in [6, 6.07) is 0. The van der Waals surface area contributed by atoms with E-state index >= 15 is 0 Å². The molecule has 9 nitrogen and oxygen atoms in total. The molecule has 1 unspecified atom stereocenters. The zero-order chi connectivity index (χ0) is 21.6. The highest BCUT2D eigenvalue weighted by atomic mass is 35.5. The van der Waals surface area contributed by atoms with E-state index in [9.17, 15) is 13.2 Å². The van der Waals surface area contributed by atoms with E-state index in [-0.39, 0.29) is 23.1 Å². The van der Waals surface area contributed by atoms with Gasteiger partial charge in [0.2, 0.25) is 5.79 Å². The van der Waals surface area contributed by atoms with Crippen molar-refractivity contribution in [3.63, 3.8) is 0 Å². The molecule has 13 heteroatoms. The summed E-state index contributed by atoms with van der Waals surface area (Å²) in [7, 11) is 1.73. The second-order valence-corrected chi connectivity index (χ2v) is 7.40. The highest BCUT2D eigenvalue weighted by Crippen LogP contribution is 2.34. The van der Waals surface area contributed by atoms with Gasteiger partial charge in [-0.25, -0.2) is 9.98 Å². The molecular weight excluding hydrogens is 411 g/mol. The highest BCUT2D eigenvalue weighted by molar-refractivity contribution is 6.30. The van der Waals surface area contributed by atoms with Crippen LogP contribution in [0.4, 0.5) is 13.2 Å². The lowest BCUT2D eigenvalue weighted by molar-refractivity contribution is -0.0876. The van der Waals surface area contributed by atoms with Crippen LogP contribution in [0.25, 0.3) is 0 Å². The smallest absolute Gasteiger partial charge is 0.372 e. The molecule has 0 radical (unpaired) electrons. The molecule has 1 atom stereocenters. The zero-order valence-electron chi connectivity index (χ0n) is 16.2. The van der Waals surface area contributed by atoms with Crippen molar-refractivity contribution >= 4 is 17.8 Å². The summed E-state index contributed by atoms with van der Waals surface area (Å²) in [5.74, 6) is -1.55. The topological polar surface area (TPSA) is 111 Å². The van der Waals surface area contributed by atoms with E-state index in [4.69, 9.17) is 17.3 Å². The fraction of sp³-hybridized carbons (Fsp3) is 0.500. The summed E-state index contributed by atoms with van der Waals surface area (Å²) in [4.78, 5) is 8.13. The first-order valence-electron chi connectivity index (χ1n) is 8.68. The Morgan fingerprint density at radius 2 is 2.00 bits per heavy atom. The van der Waals surface area contributed by atoms with Crippen LogP contribution in [0.3, 0.4) is 0 Å². The van der Waals surface area contributed by atoms with Gasteiger partial charge in [0.15, 0.2) is 11.0 Å². The quantitative estimate of drug-likeness (QED) is 0.662. The summed E-state index contributed by atoms with van der Waals surface area (Å²) in [6.45, 7) is 5.56. The minimum absolute atomic E-state index is 0.00698. The fourth-order valence-corrected chi connectivity index (χ4v) is 3.08. The SMILES string of the molecule is CCNC1=C(C(F)(F)F)C=NC(N)(c2cn(C(C)(C)c3ncn(C)n3)nc2Cl)N1. The number of rotatable bonds is 5. The molecule has 3 heterocycles. The van der Waals surface area contributed by atoms with Gasteiger partial charge in [0.1, 0.15) is 23.3 Å². The van der Waals surface area contributed by atoms with Crippen LogP contribution in [-0.2, 0) is 18.4 Å². The predicted molar refractivity (Wildman–Crippen MR) is 101 cm³/mol. The zero-order valence-corrected chi connectivity index (χ0v) is 17.0. The van der Waals surface area contributed by atoms with E-state index in [0.717, 1.165) is 0 Å². The molecule has 0 fully saturated rings. The van der Waals surface area contributed by atoms with Crippen LogP contribution in [0.2, 0.25) is 5.15 Å². The summed E-state index contributed by atoms with van der Waals surface area (Å²) in [5.41, 5.74) is 4.73. The first-order valence-corrected chi connectivity index (χ1v) is 9.06. The molecule has 1 aliphatic rings. The van der Waals surface area contributed by atoms with Crippen LogP contribution in [-0.4, -0.2) is 43.5 Å². The maximum absolute atomic E-state index is 13.3. The van der Waals surface area contributed by atoms with Crippen LogP contribution in [0.5, 0.6) is 0 Å². The van der Waals surface area contributed by atoms with Crippen molar-refractivity contribution in [3.05, 3.63) is 40.5 Å². The third-order valence-electron chi connectivity index (χ3n) is 4.44. The second kappa shape index (κ2) is 7.02. The molecule has 3 rings (SSSR count). The van der Waals surface area contributed by atoms with Crippen molar-refractivity contribution in [2.75, 3.05) is 6.54 Å². The number of halogens is 4. The molecule has 4 N–H and O–H groups in total. The monoisotopic (exact) mass is 431 g/mol. The summed E-state index contributed by atoms with van der Waals surface area (Å²) >= 11 is 6.29. The van der Waals surface area contributed by atoms with Gasteiger partial charge in [-0.05, 0) is 20.8 Å². The van der Waals surface area contributed by atoms with Gasteiger partial charge in [0.05, 0.1) is 5.56 Å². The maximum atomic E-state index is 13.3. The molecule has 0 amide bonds. The van der Waals surface area contributed by atoms with Gasteiger partial charge in [-0.2, -0.15) is 23.4 Å². The molecule has 158 valence electrons. The van der Waals surface area contributed by atoms with Crippen molar-refractivity contribution < 1.29 is 13.2 Å². The van der Waals surface area contributed by atoms with E-state index < -0.39 is 23.1 Å². The molecule has 0 bridgehead atoms. The lowest BCUT2D eigenvalue weighted by Gasteiger charge is -2.33. The molecule has 2 aromatic rings. The number of nitrogens with two attached hydrogens (primary N) is 1. The van der Waals surface area contributed by atoms with Crippen LogP contribution < -0.4 is 16.4 Å². The Morgan fingerprint density at radius 1 is 1.31 bits per heavy atom. The molecule has 0 aromatic carbocycles. The van der Waals surface area contributed by atoms with Crippen molar-refractivity contribution in [1.29, 1.82) is 0 Å². The van der Waals surface area contributed by atoms with Crippen molar-refractivity contribution in [1.82, 2.24) is 35.2 Å². The number of aryl methyl sites for hydroxylation is 1. The number of hydrogen-bond donors (Lipinski definition) is 3. The average molecular weight is 432 g/mol. The third-order valence-corrected chi connectivity index (χ3v) is 4.72. The highest BCUT2D eigenvalue weighted by Gasteiger charge is 2.43. The van der Waals surface area contributed by atoms with E-state index in [1.54, 1.807) is 25.0 Å². The Labute approximate surface area is 169 Å². The number of alkyl halides is 3. The Morgan fingerprint density at radius 3 is 2.55 bits per heavy atom. The van der Waals surface area contributed by atoms with Gasteiger partial charge < -0.3 is 10.6 Å². The van der Waals surface area contributed by atoms with Gasteiger partial charge >= 0.3 is 6.18 Å². The van der Waals surface area contributed by atoms with Gasteiger partial charge in [-0.3, -0.25) is 15.1 Å². The van der Waals surface area contributed by atoms with E-state index in [1.165, 1.54) is 10.9 Å². The lowest BCUT2D eigenvalue weighted by Crippen LogP contribution is -2.54. The van der Waals surface area contributed by atoms with E-state index in [1.807, 2.05) is 13.8 Å². The van der Waals surface area contributed by atoms with Crippen LogP contribution in [0, 0.1) is 0 Å². The molecule has 0 aliphatic carbocycles. The Hall–Kier alpha value is -2.60. The number of aliphatic imine (C=N–C) groups is 1. The minimum Gasteiger partial charge on any atom is -0.372 e. The minimum atomic E-state index is -4.60. The maximum Gasteiger partial charge on any atom is 0.421 e. The largest absolute Gasteiger partial charge is 0.421 e. The fourth-order valence-electron chi connectivity index (χ4n) is 2.81. The third kappa shape index (κ3) is 3.81. The Bertz CT molecular complexity index is 973. The number of nitrogens with zero attached hydrogens (tertiary/aromatic N) is 6. The summed E-state index contributed by atoms with van der Waals surface area (Å²) in [5, 5.41) is 13.8. The number of hydrogen-bond acceptors (Lipinski definition) is 7. The van der Waals surface area contributed by atoms with Gasteiger partial charge in [0.25, 0.3) is 0 Å². The van der Waals surface area contributed by atoms with Crippen LogP contribution >= 0.6 is 11.6 Å². The summed E-state index contributed by atoms with van der Waals surface area (Å²) < 4.78 is 42.9. The number of nitrogens with one attached hydrogen (secondary N) is 2. The molecule has 0 saturated carbocycles. The number of allylic oxidation sites excluding steroid dienone is 1.